The lowest BCUT2D eigenvalue weighted by atomic mass is 10.1. The number of ether oxygens (including phenoxy) is 1. The van der Waals surface area contributed by atoms with Crippen molar-refractivity contribution in [2.24, 2.45) is 0 Å². The molecule has 0 heterocycles. The molecule has 0 aliphatic heterocycles. The number of ketones is 1. The molecule has 1 rings (SSSR count). The summed E-state index contributed by atoms with van der Waals surface area (Å²) in [6, 6.07) is 9.13. The van der Waals surface area contributed by atoms with Gasteiger partial charge in [-0.15, -0.1) is 0 Å². The lowest BCUT2D eigenvalue weighted by Gasteiger charge is -2.24. The maximum atomic E-state index is 12.1. The SMILES string of the molecule is CC(=O)CC(NCc1ccccc1)C(=O)OC(C)(C)C. The largest absolute Gasteiger partial charge is 0.459 e. The summed E-state index contributed by atoms with van der Waals surface area (Å²) in [6.45, 7) is 7.44. The smallest absolute Gasteiger partial charge is 0.324 e. The van der Waals surface area contributed by atoms with Gasteiger partial charge in [0.2, 0.25) is 0 Å². The molecule has 1 aromatic carbocycles. The summed E-state index contributed by atoms with van der Waals surface area (Å²) in [7, 11) is 0. The summed E-state index contributed by atoms with van der Waals surface area (Å²) >= 11 is 0. The average Bonchev–Trinajstić information content (AvgIpc) is 2.33. The lowest BCUT2D eigenvalue weighted by molar-refractivity contribution is -0.158. The van der Waals surface area contributed by atoms with Crippen molar-refractivity contribution in [3.8, 4) is 0 Å². The van der Waals surface area contributed by atoms with Crippen LogP contribution in [0.2, 0.25) is 0 Å². The van der Waals surface area contributed by atoms with Crippen LogP contribution in [0, 0.1) is 0 Å². The molecule has 1 N–H and O–H groups in total. The molecule has 4 heteroatoms. The van der Waals surface area contributed by atoms with Crippen molar-refractivity contribution in [1.29, 1.82) is 0 Å². The molecule has 0 bridgehead atoms. The van der Waals surface area contributed by atoms with Gasteiger partial charge in [-0.05, 0) is 33.3 Å². The van der Waals surface area contributed by atoms with Crippen LogP contribution in [0.1, 0.15) is 39.7 Å². The first kappa shape index (κ1) is 16.4. The fraction of sp³-hybridized carbons (Fsp3) is 0.500. The molecule has 0 fully saturated rings. The third kappa shape index (κ3) is 6.48. The molecular formula is C16H23NO3. The van der Waals surface area contributed by atoms with Crippen LogP contribution in [0.5, 0.6) is 0 Å². The minimum atomic E-state index is -0.605. The highest BCUT2D eigenvalue weighted by molar-refractivity contribution is 5.85. The van der Waals surface area contributed by atoms with Crippen molar-refractivity contribution in [3.63, 3.8) is 0 Å². The third-order valence-corrected chi connectivity index (χ3v) is 2.58. The Hall–Kier alpha value is -1.68. The van der Waals surface area contributed by atoms with Gasteiger partial charge in [-0.3, -0.25) is 14.9 Å². The van der Waals surface area contributed by atoms with Gasteiger partial charge in [-0.25, -0.2) is 0 Å². The van der Waals surface area contributed by atoms with E-state index in [0.29, 0.717) is 6.54 Å². The molecule has 0 aliphatic rings. The summed E-state index contributed by atoms with van der Waals surface area (Å²) in [5, 5.41) is 3.09. The number of carbonyl (C=O) groups is 2. The van der Waals surface area contributed by atoms with Crippen LogP contribution in [0.3, 0.4) is 0 Å². The van der Waals surface area contributed by atoms with E-state index in [1.165, 1.54) is 6.92 Å². The number of Topliss-reactive ketones (excluding diaryl/α,β-unsaturated/α-hetero) is 1. The van der Waals surface area contributed by atoms with E-state index >= 15 is 0 Å². The van der Waals surface area contributed by atoms with E-state index in [2.05, 4.69) is 5.32 Å². The van der Waals surface area contributed by atoms with E-state index in [-0.39, 0.29) is 18.2 Å². The summed E-state index contributed by atoms with van der Waals surface area (Å²) in [5.74, 6) is -0.426. The molecule has 0 aliphatic carbocycles. The molecular weight excluding hydrogens is 254 g/mol. The minimum absolute atomic E-state index is 0.0404. The molecule has 110 valence electrons. The molecule has 20 heavy (non-hydrogen) atoms. The number of carbonyl (C=O) groups excluding carboxylic acids is 2. The Morgan fingerprint density at radius 2 is 1.80 bits per heavy atom. The van der Waals surface area contributed by atoms with Crippen LogP contribution in [-0.2, 0) is 20.9 Å². The van der Waals surface area contributed by atoms with Crippen molar-refractivity contribution < 1.29 is 14.3 Å². The maximum absolute atomic E-state index is 12.1. The zero-order chi connectivity index (χ0) is 15.2. The van der Waals surface area contributed by atoms with Crippen molar-refractivity contribution in [2.75, 3.05) is 0 Å². The molecule has 0 saturated carbocycles. The standard InChI is InChI=1S/C16H23NO3/c1-12(18)10-14(15(19)20-16(2,3)4)17-11-13-8-6-5-7-9-13/h5-9,14,17H,10-11H2,1-4H3. The number of benzene rings is 1. The van der Waals surface area contributed by atoms with Gasteiger partial charge in [-0.2, -0.15) is 0 Å². The second-order valence-electron chi connectivity index (χ2n) is 5.86. The molecule has 0 saturated heterocycles. The number of hydrogen-bond donors (Lipinski definition) is 1. The maximum Gasteiger partial charge on any atom is 0.324 e. The quantitative estimate of drug-likeness (QED) is 0.812. The van der Waals surface area contributed by atoms with E-state index < -0.39 is 11.6 Å². The van der Waals surface area contributed by atoms with Crippen molar-refractivity contribution in [2.45, 2.75) is 52.3 Å². The van der Waals surface area contributed by atoms with Crippen LogP contribution >= 0.6 is 0 Å². The molecule has 1 aromatic rings. The summed E-state index contributed by atoms with van der Waals surface area (Å²) in [4.78, 5) is 23.4. The lowest BCUT2D eigenvalue weighted by Crippen LogP contribution is -2.42. The van der Waals surface area contributed by atoms with Crippen LogP contribution in [0.15, 0.2) is 30.3 Å². The van der Waals surface area contributed by atoms with Gasteiger partial charge in [0.25, 0.3) is 0 Å². The number of esters is 1. The Morgan fingerprint density at radius 3 is 2.30 bits per heavy atom. The van der Waals surface area contributed by atoms with E-state index in [4.69, 9.17) is 4.74 Å². The zero-order valence-electron chi connectivity index (χ0n) is 12.6. The van der Waals surface area contributed by atoms with Crippen LogP contribution in [0.4, 0.5) is 0 Å². The summed E-state index contributed by atoms with van der Waals surface area (Å²) in [6.07, 6.45) is 0.141. The van der Waals surface area contributed by atoms with E-state index in [0.717, 1.165) is 5.56 Å². The van der Waals surface area contributed by atoms with Crippen LogP contribution < -0.4 is 5.32 Å². The average molecular weight is 277 g/mol. The Morgan fingerprint density at radius 1 is 1.20 bits per heavy atom. The topological polar surface area (TPSA) is 55.4 Å². The summed E-state index contributed by atoms with van der Waals surface area (Å²) in [5.41, 5.74) is 0.505. The van der Waals surface area contributed by atoms with Crippen molar-refractivity contribution in [1.82, 2.24) is 5.32 Å². The monoisotopic (exact) mass is 277 g/mol. The van der Waals surface area contributed by atoms with Gasteiger partial charge in [-0.1, -0.05) is 30.3 Å². The molecule has 4 nitrogen and oxygen atoms in total. The van der Waals surface area contributed by atoms with Gasteiger partial charge in [0.15, 0.2) is 0 Å². The predicted molar refractivity (Wildman–Crippen MR) is 78.2 cm³/mol. The molecule has 1 unspecified atom stereocenters. The van der Waals surface area contributed by atoms with E-state index in [9.17, 15) is 9.59 Å². The Balaban J connectivity index is 2.64. The van der Waals surface area contributed by atoms with Gasteiger partial charge in [0, 0.05) is 13.0 Å². The van der Waals surface area contributed by atoms with Crippen LogP contribution in [0.25, 0.3) is 0 Å². The molecule has 1 atom stereocenters. The second-order valence-corrected chi connectivity index (χ2v) is 5.86. The number of hydrogen-bond acceptors (Lipinski definition) is 4. The zero-order valence-corrected chi connectivity index (χ0v) is 12.6. The van der Waals surface area contributed by atoms with E-state index in [1.807, 2.05) is 51.1 Å². The Bertz CT molecular complexity index is 449. The molecule has 0 radical (unpaired) electrons. The summed E-state index contributed by atoms with van der Waals surface area (Å²) < 4.78 is 5.34. The highest BCUT2D eigenvalue weighted by atomic mass is 16.6. The number of nitrogens with one attached hydrogen (secondary N) is 1. The fourth-order valence-electron chi connectivity index (χ4n) is 1.74. The third-order valence-electron chi connectivity index (χ3n) is 2.58. The predicted octanol–water partition coefficient (Wildman–Crippen LogP) is 2.47. The molecule has 0 aromatic heterocycles. The highest BCUT2D eigenvalue weighted by Gasteiger charge is 2.25. The minimum Gasteiger partial charge on any atom is -0.459 e. The molecule has 0 amide bonds. The van der Waals surface area contributed by atoms with E-state index in [1.54, 1.807) is 0 Å². The van der Waals surface area contributed by atoms with Crippen molar-refractivity contribution >= 4 is 11.8 Å². The number of rotatable bonds is 6. The first-order valence-electron chi connectivity index (χ1n) is 6.77. The van der Waals surface area contributed by atoms with Crippen molar-refractivity contribution in [3.05, 3.63) is 35.9 Å². The first-order chi connectivity index (χ1) is 9.28. The second kappa shape index (κ2) is 7.20. The van der Waals surface area contributed by atoms with Gasteiger partial charge in [0.1, 0.15) is 17.4 Å². The molecule has 0 spiro atoms. The Labute approximate surface area is 120 Å². The Kier molecular flexibility index (Phi) is 5.89. The first-order valence-corrected chi connectivity index (χ1v) is 6.77. The van der Waals surface area contributed by atoms with Gasteiger partial charge < -0.3 is 4.74 Å². The fourth-order valence-corrected chi connectivity index (χ4v) is 1.74. The van der Waals surface area contributed by atoms with Gasteiger partial charge >= 0.3 is 5.97 Å². The normalized spacial score (nSPS) is 12.8. The highest BCUT2D eigenvalue weighted by Crippen LogP contribution is 2.10. The van der Waals surface area contributed by atoms with Gasteiger partial charge in [0.05, 0.1) is 0 Å². The van der Waals surface area contributed by atoms with Crippen LogP contribution in [-0.4, -0.2) is 23.4 Å².